The number of nitrogens with one attached hydrogen (secondary N) is 2. The Bertz CT molecular complexity index is 1510. The molecule has 3 aromatic rings. The Morgan fingerprint density at radius 1 is 0.974 bits per heavy atom. The molecular weight excluding hydrogens is 502 g/mol. The molecule has 198 valence electrons. The number of rotatable bonds is 7. The summed E-state index contributed by atoms with van der Waals surface area (Å²) >= 11 is 0. The molecule has 1 saturated heterocycles. The third-order valence-corrected chi connectivity index (χ3v) is 6.07. The number of esters is 1. The van der Waals surface area contributed by atoms with Crippen LogP contribution < -0.4 is 20.3 Å². The highest BCUT2D eigenvalue weighted by atomic mass is 16.5. The van der Waals surface area contributed by atoms with E-state index in [-0.39, 0.29) is 29.3 Å². The number of nitrogens with zero attached hydrogens (tertiary/aromatic N) is 1. The number of carbonyl (C=O) groups excluding carboxylic acids is 5. The minimum atomic E-state index is -0.917. The maximum Gasteiger partial charge on any atom is 0.337 e. The van der Waals surface area contributed by atoms with Gasteiger partial charge in [0.05, 0.1) is 18.4 Å². The van der Waals surface area contributed by atoms with Crippen molar-refractivity contribution in [2.24, 2.45) is 0 Å². The van der Waals surface area contributed by atoms with Crippen LogP contribution in [0.2, 0.25) is 0 Å². The molecule has 0 aliphatic carbocycles. The summed E-state index contributed by atoms with van der Waals surface area (Å²) in [7, 11) is 1.24. The molecule has 10 nitrogen and oxygen atoms in total. The summed E-state index contributed by atoms with van der Waals surface area (Å²) in [6, 6.07) is 16.8. The normalized spacial score (nSPS) is 14.2. The largest absolute Gasteiger partial charge is 0.484 e. The average molecular weight is 528 g/mol. The second kappa shape index (κ2) is 11.4. The van der Waals surface area contributed by atoms with E-state index in [1.54, 1.807) is 30.3 Å². The molecule has 2 N–H and O–H groups in total. The van der Waals surface area contributed by atoms with Crippen molar-refractivity contribution in [2.45, 2.75) is 13.8 Å². The average Bonchev–Trinajstić information content (AvgIpc) is 2.92. The van der Waals surface area contributed by atoms with E-state index in [0.717, 1.165) is 16.0 Å². The van der Waals surface area contributed by atoms with Gasteiger partial charge in [-0.05, 0) is 79.1 Å². The summed E-state index contributed by atoms with van der Waals surface area (Å²) in [6.07, 6.45) is 1.32. The highest BCUT2D eigenvalue weighted by Gasteiger charge is 2.36. The molecule has 1 heterocycles. The first kappa shape index (κ1) is 26.8. The van der Waals surface area contributed by atoms with E-state index >= 15 is 0 Å². The number of amides is 5. The number of urea groups is 1. The summed E-state index contributed by atoms with van der Waals surface area (Å²) < 4.78 is 10.3. The lowest BCUT2D eigenvalue weighted by Crippen LogP contribution is -2.54. The van der Waals surface area contributed by atoms with Crippen molar-refractivity contribution in [1.29, 1.82) is 0 Å². The first-order valence-electron chi connectivity index (χ1n) is 11.9. The molecule has 0 saturated carbocycles. The van der Waals surface area contributed by atoms with Crippen LogP contribution in [0.3, 0.4) is 0 Å². The van der Waals surface area contributed by atoms with Gasteiger partial charge in [0.15, 0.2) is 6.61 Å². The molecule has 1 aliphatic rings. The highest BCUT2D eigenvalue weighted by Crippen LogP contribution is 2.24. The van der Waals surface area contributed by atoms with Crippen LogP contribution >= 0.6 is 0 Å². The zero-order valence-electron chi connectivity index (χ0n) is 21.4. The highest BCUT2D eigenvalue weighted by molar-refractivity contribution is 6.39. The molecule has 5 amide bonds. The maximum absolute atomic E-state index is 13.2. The first-order chi connectivity index (χ1) is 18.7. The van der Waals surface area contributed by atoms with Crippen molar-refractivity contribution in [3.8, 4) is 5.75 Å². The molecule has 10 heteroatoms. The molecule has 0 spiro atoms. The molecule has 0 radical (unpaired) electrons. The number of benzene rings is 3. The topological polar surface area (TPSA) is 131 Å². The minimum Gasteiger partial charge on any atom is -0.484 e. The Morgan fingerprint density at radius 2 is 1.69 bits per heavy atom. The van der Waals surface area contributed by atoms with E-state index in [0.29, 0.717) is 17.0 Å². The number of carbonyl (C=O) groups is 5. The fourth-order valence-electron chi connectivity index (χ4n) is 3.84. The lowest BCUT2D eigenvalue weighted by Gasteiger charge is -2.26. The SMILES string of the molecule is COC(=O)c1ccc(N2C(=O)NC(=O)/C(=C/c3cccc(OCC(=O)Nc4cccc(C)c4C)c3)C2=O)cc1. The van der Waals surface area contributed by atoms with Crippen molar-refractivity contribution in [1.82, 2.24) is 5.32 Å². The van der Waals surface area contributed by atoms with E-state index < -0.39 is 23.8 Å². The Kier molecular flexibility index (Phi) is 7.85. The smallest absolute Gasteiger partial charge is 0.337 e. The van der Waals surface area contributed by atoms with E-state index in [1.807, 2.05) is 26.0 Å². The molecular formula is C29H25N3O7. The second-order valence-electron chi connectivity index (χ2n) is 8.65. The van der Waals surface area contributed by atoms with Crippen LogP contribution in [0.15, 0.2) is 72.3 Å². The van der Waals surface area contributed by atoms with Crippen LogP contribution in [0.25, 0.3) is 6.08 Å². The van der Waals surface area contributed by atoms with Crippen molar-refractivity contribution < 1.29 is 33.4 Å². The van der Waals surface area contributed by atoms with Crippen molar-refractivity contribution in [2.75, 3.05) is 23.9 Å². The van der Waals surface area contributed by atoms with Crippen molar-refractivity contribution >= 4 is 47.2 Å². The van der Waals surface area contributed by atoms with Gasteiger partial charge in [-0.3, -0.25) is 19.7 Å². The summed E-state index contributed by atoms with van der Waals surface area (Å²) in [5, 5.41) is 4.96. The fraction of sp³-hybridized carbons (Fsp3) is 0.138. The lowest BCUT2D eigenvalue weighted by atomic mass is 10.1. The minimum absolute atomic E-state index is 0.162. The molecule has 0 aromatic heterocycles. The van der Waals surface area contributed by atoms with Gasteiger partial charge in [0.1, 0.15) is 11.3 Å². The molecule has 3 aromatic carbocycles. The number of methoxy groups -OCH3 is 1. The van der Waals surface area contributed by atoms with Gasteiger partial charge < -0.3 is 14.8 Å². The Morgan fingerprint density at radius 3 is 2.41 bits per heavy atom. The second-order valence-corrected chi connectivity index (χ2v) is 8.65. The summed E-state index contributed by atoms with van der Waals surface area (Å²) in [6.45, 7) is 3.61. The van der Waals surface area contributed by atoms with Crippen LogP contribution in [0.1, 0.15) is 27.0 Å². The molecule has 0 bridgehead atoms. The standard InChI is InChI=1S/C29H25N3O7/c1-17-6-4-9-24(18(17)2)30-25(33)16-39-22-8-5-7-19(14-22)15-23-26(34)31-29(37)32(27(23)35)21-12-10-20(11-13-21)28(36)38-3/h4-15H,16H2,1-3H3,(H,30,33)(H,31,34,37)/b23-15-. The van der Waals surface area contributed by atoms with Crippen LogP contribution in [-0.4, -0.2) is 43.4 Å². The van der Waals surface area contributed by atoms with Gasteiger partial charge in [-0.1, -0.05) is 24.3 Å². The Hall–Kier alpha value is -5.25. The van der Waals surface area contributed by atoms with Crippen LogP contribution in [0, 0.1) is 13.8 Å². The third kappa shape index (κ3) is 6.02. The van der Waals surface area contributed by atoms with Crippen molar-refractivity contribution in [3.05, 3.63) is 94.6 Å². The molecule has 0 atom stereocenters. The Balaban J connectivity index is 1.49. The monoisotopic (exact) mass is 527 g/mol. The quantitative estimate of drug-likeness (QED) is 0.272. The van der Waals surface area contributed by atoms with Crippen molar-refractivity contribution in [3.63, 3.8) is 0 Å². The molecule has 4 rings (SSSR count). The predicted molar refractivity (Wildman–Crippen MR) is 143 cm³/mol. The Labute approximate surface area is 224 Å². The number of hydrogen-bond donors (Lipinski definition) is 2. The van der Waals surface area contributed by atoms with Crippen LogP contribution in [0.5, 0.6) is 5.75 Å². The predicted octanol–water partition coefficient (Wildman–Crippen LogP) is 3.77. The third-order valence-electron chi connectivity index (χ3n) is 6.07. The zero-order valence-corrected chi connectivity index (χ0v) is 21.4. The van der Waals surface area contributed by atoms with Gasteiger partial charge in [-0.15, -0.1) is 0 Å². The summed E-state index contributed by atoms with van der Waals surface area (Å²) in [5.41, 5.74) is 3.26. The maximum atomic E-state index is 13.2. The molecule has 39 heavy (non-hydrogen) atoms. The van der Waals surface area contributed by atoms with Crippen LogP contribution in [-0.2, 0) is 19.1 Å². The molecule has 1 aliphatic heterocycles. The van der Waals surface area contributed by atoms with Gasteiger partial charge in [-0.25, -0.2) is 14.5 Å². The van der Waals surface area contributed by atoms with Gasteiger partial charge in [0.2, 0.25) is 0 Å². The number of ether oxygens (including phenoxy) is 2. The van der Waals surface area contributed by atoms with Gasteiger partial charge in [0.25, 0.3) is 17.7 Å². The number of aryl methyl sites for hydroxylation is 1. The van der Waals surface area contributed by atoms with E-state index in [2.05, 4.69) is 15.4 Å². The number of anilines is 2. The number of imide groups is 2. The molecule has 1 fully saturated rings. The van der Waals surface area contributed by atoms with E-state index in [4.69, 9.17) is 4.74 Å². The van der Waals surface area contributed by atoms with E-state index in [9.17, 15) is 24.0 Å². The summed E-state index contributed by atoms with van der Waals surface area (Å²) in [5.74, 6) is -2.27. The fourth-order valence-corrected chi connectivity index (χ4v) is 3.84. The first-order valence-corrected chi connectivity index (χ1v) is 11.9. The number of barbiturate groups is 1. The number of hydrogen-bond acceptors (Lipinski definition) is 7. The summed E-state index contributed by atoms with van der Waals surface area (Å²) in [4.78, 5) is 63.0. The zero-order chi connectivity index (χ0) is 28.1. The van der Waals surface area contributed by atoms with Gasteiger partial charge >= 0.3 is 12.0 Å². The van der Waals surface area contributed by atoms with Gasteiger partial charge in [0, 0.05) is 5.69 Å². The van der Waals surface area contributed by atoms with E-state index in [1.165, 1.54) is 37.5 Å². The lowest BCUT2D eigenvalue weighted by molar-refractivity contribution is -0.122. The van der Waals surface area contributed by atoms with Crippen LogP contribution in [0.4, 0.5) is 16.2 Å². The molecule has 0 unspecified atom stereocenters. The van der Waals surface area contributed by atoms with Gasteiger partial charge in [-0.2, -0.15) is 0 Å².